The largest absolute Gasteiger partial charge is 0.493 e. The molecular formula is C25H21ClFN5O3S. The summed E-state index contributed by atoms with van der Waals surface area (Å²) in [5.41, 5.74) is 4.05. The van der Waals surface area contributed by atoms with Gasteiger partial charge < -0.3 is 9.47 Å². The van der Waals surface area contributed by atoms with Gasteiger partial charge in [-0.15, -0.1) is 10.2 Å². The molecule has 0 saturated heterocycles. The first kappa shape index (κ1) is 25.2. The molecule has 1 aromatic heterocycles. The molecule has 0 unspecified atom stereocenters. The van der Waals surface area contributed by atoms with Crippen molar-refractivity contribution >= 4 is 35.5 Å². The van der Waals surface area contributed by atoms with Crippen LogP contribution < -0.4 is 14.9 Å². The molecule has 0 aliphatic carbocycles. The van der Waals surface area contributed by atoms with Gasteiger partial charge in [0.05, 0.1) is 31.2 Å². The van der Waals surface area contributed by atoms with E-state index in [0.717, 1.165) is 11.3 Å². The van der Waals surface area contributed by atoms with Crippen molar-refractivity contribution in [1.82, 2.24) is 20.2 Å². The Bertz CT molecular complexity index is 1380. The van der Waals surface area contributed by atoms with E-state index in [1.807, 2.05) is 47.0 Å². The van der Waals surface area contributed by atoms with Crippen molar-refractivity contribution in [1.29, 1.82) is 0 Å². The number of nitrogens with one attached hydrogen (secondary N) is 1. The first-order valence-electron chi connectivity index (χ1n) is 10.6. The molecule has 184 valence electrons. The Morgan fingerprint density at radius 1 is 1.08 bits per heavy atom. The number of carbonyl (C=O) groups is 1. The number of benzene rings is 3. The standard InChI is InChI=1S/C25H21ClFN5O3S/c1-34-21-12-11-16(13-22(21)35-2)24-30-31-25(32(24)17-7-4-3-5-8-17)36-15-23(33)29-28-14-18-19(26)9-6-10-20(18)27/h3-14H,15H2,1-2H3,(H,29,33)/b28-14+. The van der Waals surface area contributed by atoms with Crippen molar-refractivity contribution in [3.63, 3.8) is 0 Å². The van der Waals surface area contributed by atoms with Gasteiger partial charge in [-0.05, 0) is 42.5 Å². The number of methoxy groups -OCH3 is 2. The van der Waals surface area contributed by atoms with Gasteiger partial charge >= 0.3 is 0 Å². The minimum atomic E-state index is -0.534. The maximum atomic E-state index is 13.9. The topological polar surface area (TPSA) is 90.6 Å². The molecule has 0 saturated carbocycles. The highest BCUT2D eigenvalue weighted by molar-refractivity contribution is 7.99. The molecule has 0 bridgehead atoms. The van der Waals surface area contributed by atoms with E-state index in [4.69, 9.17) is 21.1 Å². The van der Waals surface area contributed by atoms with Gasteiger partial charge in [0, 0.05) is 16.8 Å². The predicted molar refractivity (Wildman–Crippen MR) is 138 cm³/mol. The predicted octanol–water partition coefficient (Wildman–Crippen LogP) is 4.99. The lowest BCUT2D eigenvalue weighted by atomic mass is 10.2. The minimum absolute atomic E-state index is 0.000749. The number of amides is 1. The molecule has 4 rings (SSSR count). The molecule has 1 heterocycles. The summed E-state index contributed by atoms with van der Waals surface area (Å²) < 4.78 is 26.5. The lowest BCUT2D eigenvalue weighted by molar-refractivity contribution is -0.118. The number of nitrogens with zero attached hydrogens (tertiary/aromatic N) is 4. The Kier molecular flexibility index (Phi) is 8.19. The molecule has 11 heteroatoms. The van der Waals surface area contributed by atoms with Crippen molar-refractivity contribution in [3.8, 4) is 28.6 Å². The average molecular weight is 526 g/mol. The Morgan fingerprint density at radius 3 is 2.58 bits per heavy atom. The Hall–Kier alpha value is -3.89. The van der Waals surface area contributed by atoms with Crippen LogP contribution in [0.5, 0.6) is 11.5 Å². The van der Waals surface area contributed by atoms with E-state index in [-0.39, 0.29) is 16.3 Å². The fourth-order valence-electron chi connectivity index (χ4n) is 3.30. The number of hydrazone groups is 1. The second kappa shape index (κ2) is 11.7. The van der Waals surface area contributed by atoms with Crippen LogP contribution in [0.15, 0.2) is 77.0 Å². The molecule has 36 heavy (non-hydrogen) atoms. The molecule has 0 aliphatic rings. The third-order valence-electron chi connectivity index (χ3n) is 5.00. The molecule has 0 radical (unpaired) electrons. The minimum Gasteiger partial charge on any atom is -0.493 e. The second-order valence-corrected chi connectivity index (χ2v) is 8.61. The summed E-state index contributed by atoms with van der Waals surface area (Å²) in [4.78, 5) is 12.4. The Labute approximate surface area is 216 Å². The van der Waals surface area contributed by atoms with E-state index < -0.39 is 11.7 Å². The molecule has 1 N–H and O–H groups in total. The summed E-state index contributed by atoms with van der Waals surface area (Å²) in [6.07, 6.45) is 1.17. The van der Waals surface area contributed by atoms with E-state index in [2.05, 4.69) is 20.7 Å². The van der Waals surface area contributed by atoms with E-state index in [1.54, 1.807) is 20.3 Å². The van der Waals surface area contributed by atoms with Gasteiger partial charge in [0.2, 0.25) is 0 Å². The molecule has 1 amide bonds. The number of hydrogen-bond acceptors (Lipinski definition) is 7. The lowest BCUT2D eigenvalue weighted by Crippen LogP contribution is -2.20. The normalized spacial score (nSPS) is 11.0. The lowest BCUT2D eigenvalue weighted by Gasteiger charge is -2.12. The fraction of sp³-hybridized carbons (Fsp3) is 0.120. The molecular weight excluding hydrogens is 505 g/mol. The van der Waals surface area contributed by atoms with Crippen molar-refractivity contribution in [2.45, 2.75) is 5.16 Å². The third kappa shape index (κ3) is 5.67. The van der Waals surface area contributed by atoms with Crippen molar-refractivity contribution in [2.24, 2.45) is 5.10 Å². The maximum Gasteiger partial charge on any atom is 0.250 e. The first-order valence-corrected chi connectivity index (χ1v) is 12.0. The van der Waals surface area contributed by atoms with Gasteiger partial charge in [-0.1, -0.05) is 47.6 Å². The molecule has 0 aliphatic heterocycles. The van der Waals surface area contributed by atoms with E-state index >= 15 is 0 Å². The van der Waals surface area contributed by atoms with Crippen LogP contribution >= 0.6 is 23.4 Å². The summed E-state index contributed by atoms with van der Waals surface area (Å²) in [7, 11) is 3.13. The Balaban J connectivity index is 1.55. The number of ether oxygens (including phenoxy) is 2. The van der Waals surface area contributed by atoms with Gasteiger partial charge in [0.25, 0.3) is 5.91 Å². The summed E-state index contributed by atoms with van der Waals surface area (Å²) in [6, 6.07) is 19.3. The van der Waals surface area contributed by atoms with Gasteiger partial charge in [-0.25, -0.2) is 9.82 Å². The molecule has 0 atom stereocenters. The molecule has 8 nitrogen and oxygen atoms in total. The van der Waals surface area contributed by atoms with Crippen LogP contribution in [-0.2, 0) is 4.79 Å². The number of halogens is 2. The summed E-state index contributed by atoms with van der Waals surface area (Å²) in [5.74, 6) is 0.776. The third-order valence-corrected chi connectivity index (χ3v) is 6.26. The van der Waals surface area contributed by atoms with Crippen LogP contribution in [0.1, 0.15) is 5.56 Å². The SMILES string of the molecule is COc1ccc(-c2nnc(SCC(=O)N/N=C/c3c(F)cccc3Cl)n2-c2ccccc2)cc1OC. The van der Waals surface area contributed by atoms with Crippen molar-refractivity contribution in [2.75, 3.05) is 20.0 Å². The summed E-state index contributed by atoms with van der Waals surface area (Å²) >= 11 is 7.15. The second-order valence-electron chi connectivity index (χ2n) is 7.26. The number of thioether (sulfide) groups is 1. The molecule has 3 aromatic carbocycles. The zero-order valence-electron chi connectivity index (χ0n) is 19.3. The highest BCUT2D eigenvalue weighted by atomic mass is 35.5. The highest BCUT2D eigenvalue weighted by Gasteiger charge is 2.18. The van der Waals surface area contributed by atoms with Crippen molar-refractivity contribution in [3.05, 3.63) is 83.1 Å². The smallest absolute Gasteiger partial charge is 0.250 e. The van der Waals surface area contributed by atoms with E-state index in [1.165, 1.54) is 36.2 Å². The van der Waals surface area contributed by atoms with Gasteiger partial charge in [-0.3, -0.25) is 9.36 Å². The number of aromatic nitrogens is 3. The van der Waals surface area contributed by atoms with Gasteiger partial charge in [0.1, 0.15) is 5.82 Å². The molecule has 0 spiro atoms. The van der Waals surface area contributed by atoms with Gasteiger partial charge in [-0.2, -0.15) is 5.10 Å². The van der Waals surface area contributed by atoms with Crippen LogP contribution in [0.2, 0.25) is 5.02 Å². The van der Waals surface area contributed by atoms with Crippen molar-refractivity contribution < 1.29 is 18.7 Å². The number of para-hydroxylation sites is 1. The molecule has 0 fully saturated rings. The summed E-state index contributed by atoms with van der Waals surface area (Å²) in [6.45, 7) is 0. The first-order chi connectivity index (χ1) is 17.5. The quantitative estimate of drug-likeness (QED) is 0.188. The highest BCUT2D eigenvalue weighted by Crippen LogP contribution is 2.34. The average Bonchev–Trinajstić information content (AvgIpc) is 3.33. The van der Waals surface area contributed by atoms with Gasteiger partial charge in [0.15, 0.2) is 22.5 Å². The summed E-state index contributed by atoms with van der Waals surface area (Å²) in [5, 5.41) is 13.2. The van der Waals surface area contributed by atoms with Crippen LogP contribution in [0.25, 0.3) is 17.1 Å². The Morgan fingerprint density at radius 2 is 1.86 bits per heavy atom. The zero-order valence-corrected chi connectivity index (χ0v) is 20.9. The fourth-order valence-corrected chi connectivity index (χ4v) is 4.26. The van der Waals surface area contributed by atoms with Crippen LogP contribution in [0, 0.1) is 5.82 Å². The monoisotopic (exact) mass is 525 g/mol. The van der Waals surface area contributed by atoms with E-state index in [0.29, 0.717) is 22.5 Å². The van der Waals surface area contributed by atoms with Crippen LogP contribution in [-0.4, -0.2) is 46.9 Å². The van der Waals surface area contributed by atoms with Crippen LogP contribution in [0.3, 0.4) is 0 Å². The molecule has 4 aromatic rings. The maximum absolute atomic E-state index is 13.9. The van der Waals surface area contributed by atoms with Crippen LogP contribution in [0.4, 0.5) is 4.39 Å². The zero-order chi connectivity index (χ0) is 25.5. The number of carbonyl (C=O) groups excluding carboxylic acids is 1. The number of rotatable bonds is 9. The number of hydrogen-bond donors (Lipinski definition) is 1. The van der Waals surface area contributed by atoms with E-state index in [9.17, 15) is 9.18 Å².